The van der Waals surface area contributed by atoms with Crippen LogP contribution in [0.1, 0.15) is 46.0 Å². The number of allylic oxidation sites excluding steroid dienone is 6. The highest BCUT2D eigenvalue weighted by Gasteiger charge is 2.51. The molecule has 1 unspecified atom stereocenters. The Balaban J connectivity index is 1.58. The van der Waals surface area contributed by atoms with E-state index in [2.05, 4.69) is 0 Å². The molecule has 3 fully saturated rings. The monoisotopic (exact) mass is 665 g/mol. The second kappa shape index (κ2) is 16.6. The van der Waals surface area contributed by atoms with Crippen LogP contribution in [-0.2, 0) is 33.3 Å². The lowest BCUT2D eigenvalue weighted by Crippen LogP contribution is -2.61. The fourth-order valence-electron chi connectivity index (χ4n) is 6.00. The van der Waals surface area contributed by atoms with Crippen LogP contribution >= 0.6 is 0 Å². The summed E-state index contributed by atoms with van der Waals surface area (Å²) in [6.45, 7) is 3.34. The maximum Gasteiger partial charge on any atom is 0.330 e. The number of nitrogens with two attached hydrogens (primary N) is 1. The summed E-state index contributed by atoms with van der Waals surface area (Å²) < 4.78 is 28.5. The van der Waals surface area contributed by atoms with Gasteiger partial charge < -0.3 is 60.1 Å². The van der Waals surface area contributed by atoms with Gasteiger partial charge in [0.25, 0.3) is 0 Å². The first kappa shape index (κ1) is 37.1. The summed E-state index contributed by atoms with van der Waals surface area (Å²) >= 11 is 0. The lowest BCUT2D eigenvalue weighted by atomic mass is 9.83. The lowest BCUT2D eigenvalue weighted by Gasteiger charge is -2.45. The number of carbonyl (C=O) groups is 2. The van der Waals surface area contributed by atoms with Gasteiger partial charge in [-0.3, -0.25) is 4.79 Å². The number of epoxide rings is 1. The van der Waals surface area contributed by atoms with Crippen molar-refractivity contribution in [2.45, 2.75) is 125 Å². The van der Waals surface area contributed by atoms with E-state index in [1.54, 1.807) is 56.4 Å². The van der Waals surface area contributed by atoms with Crippen molar-refractivity contribution in [3.63, 3.8) is 0 Å². The van der Waals surface area contributed by atoms with E-state index in [1.165, 1.54) is 12.2 Å². The Labute approximate surface area is 273 Å². The van der Waals surface area contributed by atoms with Crippen molar-refractivity contribution in [2.75, 3.05) is 0 Å². The van der Waals surface area contributed by atoms with Gasteiger partial charge in [-0.1, -0.05) is 48.6 Å². The number of carbonyl (C=O) groups excluding carboxylic acids is 1. The smallest absolute Gasteiger partial charge is 0.330 e. The lowest BCUT2D eigenvalue weighted by molar-refractivity contribution is -0.308. The van der Waals surface area contributed by atoms with E-state index in [0.717, 1.165) is 0 Å². The third-order valence-electron chi connectivity index (χ3n) is 8.58. The Morgan fingerprint density at radius 1 is 0.936 bits per heavy atom. The number of carboxylic acids is 1. The van der Waals surface area contributed by atoms with Gasteiger partial charge in [0.2, 0.25) is 0 Å². The molecule has 0 aromatic carbocycles. The zero-order chi connectivity index (χ0) is 34.3. The molecule has 8 N–H and O–H groups in total. The van der Waals surface area contributed by atoms with E-state index in [0.29, 0.717) is 6.42 Å². The minimum atomic E-state index is -2.10. The second-order valence-corrected chi connectivity index (χ2v) is 12.6. The molecule has 4 heterocycles. The molecule has 4 rings (SSSR count). The van der Waals surface area contributed by atoms with Crippen LogP contribution in [0, 0.1) is 5.92 Å². The third kappa shape index (κ3) is 10.6. The Kier molecular flexibility index (Phi) is 13.1. The van der Waals surface area contributed by atoms with Gasteiger partial charge in [0.05, 0.1) is 48.8 Å². The average molecular weight is 666 g/mol. The quantitative estimate of drug-likeness (QED) is 0.157. The summed E-state index contributed by atoms with van der Waals surface area (Å²) in [7, 11) is 0. The zero-order valence-electron chi connectivity index (χ0n) is 26.4. The molecular formula is C33H47NO13. The SMILES string of the molecule is C[C@@H]1CC=CC=CC=CC=C[C@H](O[C@@H]2O[C@H](C)[C@@H](O)[C@H](N)[C@@H]2O)C[C@@H]2O[C@](O)(C[C@@H](O)C[C@H]3OC3C=CC(=O)O1)C[C@H](O)[C@H]2C(=O)O. The van der Waals surface area contributed by atoms with Crippen LogP contribution in [0.3, 0.4) is 0 Å². The highest BCUT2D eigenvalue weighted by atomic mass is 16.7. The summed E-state index contributed by atoms with van der Waals surface area (Å²) in [4.78, 5) is 24.4. The number of ether oxygens (including phenoxy) is 5. The third-order valence-corrected chi connectivity index (χ3v) is 8.58. The molecule has 0 amide bonds. The van der Waals surface area contributed by atoms with Crippen molar-refractivity contribution in [1.82, 2.24) is 0 Å². The molecule has 47 heavy (non-hydrogen) atoms. The van der Waals surface area contributed by atoms with Crippen molar-refractivity contribution < 1.29 is 63.9 Å². The van der Waals surface area contributed by atoms with Crippen molar-refractivity contribution in [2.24, 2.45) is 11.7 Å². The van der Waals surface area contributed by atoms with Gasteiger partial charge in [-0.25, -0.2) is 4.79 Å². The minimum Gasteiger partial charge on any atom is -0.481 e. The van der Waals surface area contributed by atoms with Gasteiger partial charge in [-0.2, -0.15) is 0 Å². The summed E-state index contributed by atoms with van der Waals surface area (Å²) in [5.74, 6) is -5.45. The molecule has 0 spiro atoms. The zero-order valence-corrected chi connectivity index (χ0v) is 26.4. The van der Waals surface area contributed by atoms with Crippen LogP contribution < -0.4 is 5.73 Å². The van der Waals surface area contributed by atoms with Crippen LogP contribution in [0.25, 0.3) is 0 Å². The van der Waals surface area contributed by atoms with Gasteiger partial charge in [-0.15, -0.1) is 0 Å². The van der Waals surface area contributed by atoms with Crippen LogP contribution in [0.5, 0.6) is 0 Å². The number of fused-ring (bicyclic) bond motifs is 3. The first-order valence-electron chi connectivity index (χ1n) is 15.9. The number of aliphatic carboxylic acids is 1. The van der Waals surface area contributed by atoms with Crippen molar-refractivity contribution in [1.29, 1.82) is 0 Å². The molecule has 262 valence electrons. The van der Waals surface area contributed by atoms with E-state index < -0.39 is 97.3 Å². The van der Waals surface area contributed by atoms with Crippen molar-refractivity contribution in [3.8, 4) is 0 Å². The van der Waals surface area contributed by atoms with E-state index in [9.17, 15) is 40.2 Å². The average Bonchev–Trinajstić information content (AvgIpc) is 3.72. The molecular weight excluding hydrogens is 618 g/mol. The molecule has 4 aliphatic heterocycles. The molecule has 14 heteroatoms. The molecule has 0 aromatic heterocycles. The van der Waals surface area contributed by atoms with Gasteiger partial charge in [0, 0.05) is 38.2 Å². The maximum atomic E-state index is 12.3. The fourth-order valence-corrected chi connectivity index (χ4v) is 6.00. The minimum absolute atomic E-state index is 0.0789. The number of esters is 1. The molecule has 0 saturated carbocycles. The van der Waals surface area contributed by atoms with Crippen molar-refractivity contribution in [3.05, 3.63) is 60.8 Å². The molecule has 0 radical (unpaired) electrons. The Morgan fingerprint density at radius 2 is 1.64 bits per heavy atom. The molecule has 0 aliphatic carbocycles. The number of carboxylic acid groups (broad SMARTS) is 1. The summed E-state index contributed by atoms with van der Waals surface area (Å²) in [5, 5.41) is 63.9. The number of hydrogen-bond acceptors (Lipinski definition) is 13. The second-order valence-electron chi connectivity index (χ2n) is 12.6. The Bertz CT molecular complexity index is 1220. The highest BCUT2D eigenvalue weighted by molar-refractivity contribution is 5.82. The first-order valence-corrected chi connectivity index (χ1v) is 15.9. The molecule has 3 saturated heterocycles. The summed E-state index contributed by atoms with van der Waals surface area (Å²) in [6, 6.07) is -1.08. The van der Waals surface area contributed by atoms with E-state index in [1.807, 2.05) is 6.08 Å². The van der Waals surface area contributed by atoms with Gasteiger partial charge >= 0.3 is 11.9 Å². The number of hydrogen-bond donors (Lipinski definition) is 7. The predicted molar refractivity (Wildman–Crippen MR) is 165 cm³/mol. The topological polar surface area (TPSA) is 231 Å². The normalized spacial score (nSPS) is 43.8. The summed E-state index contributed by atoms with van der Waals surface area (Å²) in [5.41, 5.74) is 5.98. The Morgan fingerprint density at radius 3 is 2.36 bits per heavy atom. The van der Waals surface area contributed by atoms with Crippen LogP contribution in [0.2, 0.25) is 0 Å². The van der Waals surface area contributed by atoms with Crippen LogP contribution in [0.4, 0.5) is 0 Å². The largest absolute Gasteiger partial charge is 0.481 e. The molecule has 4 aliphatic rings. The summed E-state index contributed by atoms with van der Waals surface area (Å²) in [6.07, 6.45) is 5.25. The molecule has 14 atom stereocenters. The number of cyclic esters (lactones) is 1. The van der Waals surface area contributed by atoms with Crippen LogP contribution in [0.15, 0.2) is 60.8 Å². The first-order chi connectivity index (χ1) is 22.3. The van der Waals surface area contributed by atoms with E-state index in [-0.39, 0.29) is 25.4 Å². The van der Waals surface area contributed by atoms with Crippen molar-refractivity contribution >= 4 is 11.9 Å². The molecule has 0 aromatic rings. The number of rotatable bonds is 3. The van der Waals surface area contributed by atoms with Gasteiger partial charge in [0.15, 0.2) is 12.1 Å². The highest BCUT2D eigenvalue weighted by Crippen LogP contribution is 2.39. The molecule has 2 bridgehead atoms. The number of aliphatic hydroxyl groups excluding tert-OH is 4. The predicted octanol–water partition coefficient (Wildman–Crippen LogP) is 0.120. The maximum absolute atomic E-state index is 12.3. The number of aliphatic hydroxyl groups is 5. The molecule has 14 nitrogen and oxygen atoms in total. The van der Waals surface area contributed by atoms with E-state index >= 15 is 0 Å². The standard InChI is InChI=1S/C33H47NO13/c1-18-10-8-6-4-3-5-7-9-11-21(45-32-30(39)28(34)29(38)19(2)44-32)15-25-27(31(40)41)22(36)17-33(42,47-25)16-20(35)14-24-23(46-24)12-13-26(37)43-18/h3-9,11-13,18-25,27-30,32,35-36,38-39,42H,10,14-17,34H2,1-2H3,(H,40,41)/t18-,19-,20+,21+,22+,23?,24-,25+,27-,28+,29-,30+,32+,33-/m1/s1. The fraction of sp³-hybridized carbons (Fsp3) is 0.636. The van der Waals surface area contributed by atoms with Gasteiger partial charge in [-0.05, 0) is 19.9 Å². The van der Waals surface area contributed by atoms with E-state index in [4.69, 9.17) is 29.4 Å². The Hall–Kier alpha value is -2.76. The van der Waals surface area contributed by atoms with Crippen LogP contribution in [-0.4, -0.2) is 122 Å². The van der Waals surface area contributed by atoms with Gasteiger partial charge in [0.1, 0.15) is 24.2 Å².